The van der Waals surface area contributed by atoms with Crippen LogP contribution in [0.2, 0.25) is 0 Å². The molecule has 0 bridgehead atoms. The van der Waals surface area contributed by atoms with Crippen molar-refractivity contribution < 1.29 is 36.2 Å². The number of phenols is 1. The van der Waals surface area contributed by atoms with Crippen LogP contribution in [-0.2, 0) is 10.2 Å². The second-order valence-electron chi connectivity index (χ2n) is 6.46. The Kier molecular flexibility index (Phi) is 5.05. The molecule has 0 unspecified atom stereocenters. The molecule has 2 aliphatic heterocycles. The van der Waals surface area contributed by atoms with E-state index in [1.54, 1.807) is 0 Å². The third-order valence-corrected chi connectivity index (χ3v) is 5.20. The van der Waals surface area contributed by atoms with E-state index >= 15 is 0 Å². The van der Waals surface area contributed by atoms with Crippen molar-refractivity contribution in [1.82, 2.24) is 4.72 Å². The number of benzene rings is 2. The summed E-state index contributed by atoms with van der Waals surface area (Å²) in [6.07, 6.45) is -4.90. The van der Waals surface area contributed by atoms with E-state index in [0.717, 1.165) is 12.1 Å². The first-order valence-electron chi connectivity index (χ1n) is 8.71. The van der Waals surface area contributed by atoms with Crippen molar-refractivity contribution in [3.8, 4) is 17.2 Å². The van der Waals surface area contributed by atoms with Crippen LogP contribution in [0.1, 0.15) is 11.6 Å². The second-order valence-corrected chi connectivity index (χ2v) is 7.80. The summed E-state index contributed by atoms with van der Waals surface area (Å²) in [6, 6.07) is 5.02. The molecule has 3 N–H and O–H groups in total. The zero-order valence-corrected chi connectivity index (χ0v) is 16.5. The van der Waals surface area contributed by atoms with Crippen molar-refractivity contribution >= 4 is 33.3 Å². The molecule has 0 saturated carbocycles. The number of hydrogen-bond donors (Lipinski definition) is 3. The molecule has 32 heavy (non-hydrogen) atoms. The number of hydrogen-bond acceptors (Lipinski definition) is 7. The summed E-state index contributed by atoms with van der Waals surface area (Å²) < 4.78 is 80.7. The summed E-state index contributed by atoms with van der Waals surface area (Å²) in [7, 11) is -4.39. The number of para-hydroxylation sites is 1. The van der Waals surface area contributed by atoms with Crippen molar-refractivity contribution in [3.63, 3.8) is 0 Å². The van der Waals surface area contributed by atoms with Crippen LogP contribution in [0.3, 0.4) is 0 Å². The molecule has 4 rings (SSSR count). The quantitative estimate of drug-likeness (QED) is 0.471. The van der Waals surface area contributed by atoms with Crippen LogP contribution in [0, 0.1) is 6.57 Å². The molecule has 2 aromatic rings. The highest BCUT2D eigenvalue weighted by atomic mass is 32.2. The first-order valence-corrected chi connectivity index (χ1v) is 10.1. The summed E-state index contributed by atoms with van der Waals surface area (Å²) >= 11 is 0. The molecule has 2 aromatic carbocycles. The van der Waals surface area contributed by atoms with Gasteiger partial charge in [-0.1, -0.05) is 18.2 Å². The molecule has 0 saturated heterocycles. The molecule has 0 aromatic heterocycles. The highest BCUT2D eigenvalue weighted by Gasteiger charge is 2.43. The standard InChI is InChI=1S/C18H12F3N5O5S/c1-22-10-3-2-4-11(14(10)27)23-16-17(26-32(28,29)25-16)24-15(18(19,20)21)9-5-6-12-13(7-9)31-8-30-12/h2-7,15,27H,8H2,(H,23,25)(H,24,26)/t15-/m0/s1. The van der Waals surface area contributed by atoms with E-state index in [-0.39, 0.29) is 35.2 Å². The lowest BCUT2D eigenvalue weighted by atomic mass is 10.1. The summed E-state index contributed by atoms with van der Waals surface area (Å²) in [5.74, 6) is -1.48. The summed E-state index contributed by atoms with van der Waals surface area (Å²) in [4.78, 5) is 6.64. The SMILES string of the molecule is [C-]#[N+]c1cccc(NC2=NS(=O)(=O)NC2=N[C@@H](c2ccc3c(c2)OCO3)C(F)(F)F)c1O. The van der Waals surface area contributed by atoms with E-state index in [1.165, 1.54) is 24.3 Å². The predicted octanol–water partition coefficient (Wildman–Crippen LogP) is 3.03. The maximum Gasteiger partial charge on any atom is 0.415 e. The molecule has 0 fully saturated rings. The first kappa shape index (κ1) is 21.2. The number of alkyl halides is 3. The molecular formula is C18H12F3N5O5S. The Bertz CT molecular complexity index is 1300. The highest BCUT2D eigenvalue weighted by Crippen LogP contribution is 2.41. The first-order chi connectivity index (χ1) is 15.1. The number of anilines is 1. The van der Waals surface area contributed by atoms with Crippen LogP contribution in [0.5, 0.6) is 17.2 Å². The van der Waals surface area contributed by atoms with Crippen LogP contribution in [0.15, 0.2) is 45.8 Å². The Morgan fingerprint density at radius 3 is 2.72 bits per heavy atom. The number of aliphatic imine (C=N–C) groups is 1. The van der Waals surface area contributed by atoms with Gasteiger partial charge in [-0.05, 0) is 23.8 Å². The number of rotatable bonds is 3. The van der Waals surface area contributed by atoms with Crippen LogP contribution >= 0.6 is 0 Å². The van der Waals surface area contributed by atoms with Gasteiger partial charge >= 0.3 is 16.4 Å². The Labute approximate surface area is 179 Å². The average molecular weight is 467 g/mol. The average Bonchev–Trinajstić information content (AvgIpc) is 3.29. The number of phenolic OH excluding ortho intramolecular Hbond substituents is 1. The van der Waals surface area contributed by atoms with Gasteiger partial charge in [-0.2, -0.15) is 21.6 Å². The largest absolute Gasteiger partial charge is 0.517 e. The van der Waals surface area contributed by atoms with E-state index in [0.29, 0.717) is 0 Å². The number of nitrogens with one attached hydrogen (secondary N) is 2. The molecule has 0 amide bonds. The lowest BCUT2D eigenvalue weighted by Gasteiger charge is -2.18. The third kappa shape index (κ3) is 4.10. The molecular weight excluding hydrogens is 455 g/mol. The fourth-order valence-electron chi connectivity index (χ4n) is 2.93. The van der Waals surface area contributed by atoms with Crippen molar-refractivity contribution in [2.45, 2.75) is 12.2 Å². The fraction of sp³-hybridized carbons (Fsp3) is 0.167. The number of ether oxygens (including phenoxy) is 2. The van der Waals surface area contributed by atoms with Crippen LogP contribution < -0.4 is 19.5 Å². The lowest BCUT2D eigenvalue weighted by Crippen LogP contribution is -2.33. The van der Waals surface area contributed by atoms with Gasteiger partial charge in [-0.15, -0.1) is 4.40 Å². The van der Waals surface area contributed by atoms with Gasteiger partial charge in [0.25, 0.3) is 0 Å². The molecule has 10 nitrogen and oxygen atoms in total. The molecule has 0 spiro atoms. The Morgan fingerprint density at radius 2 is 2.00 bits per heavy atom. The molecule has 0 aliphatic carbocycles. The van der Waals surface area contributed by atoms with Crippen LogP contribution in [-0.4, -0.2) is 38.2 Å². The molecule has 2 aliphatic rings. The van der Waals surface area contributed by atoms with Gasteiger partial charge in [0, 0.05) is 0 Å². The van der Waals surface area contributed by atoms with Crippen molar-refractivity contribution in [2.24, 2.45) is 9.39 Å². The predicted molar refractivity (Wildman–Crippen MR) is 106 cm³/mol. The number of aromatic hydroxyl groups is 1. The Morgan fingerprint density at radius 1 is 1.25 bits per heavy atom. The number of nitrogens with zero attached hydrogens (tertiary/aromatic N) is 3. The van der Waals surface area contributed by atoms with Crippen molar-refractivity contribution in [2.75, 3.05) is 12.1 Å². The zero-order valence-electron chi connectivity index (χ0n) is 15.7. The normalized spacial score (nSPS) is 18.6. The summed E-state index contributed by atoms with van der Waals surface area (Å²) in [5, 5.41) is 12.5. The molecule has 0 radical (unpaired) electrons. The smallest absolute Gasteiger partial charge is 0.415 e. The van der Waals surface area contributed by atoms with E-state index in [2.05, 4.69) is 19.6 Å². The number of halogens is 3. The number of amidine groups is 2. The monoisotopic (exact) mass is 467 g/mol. The maximum absolute atomic E-state index is 13.8. The Hall–Kier alpha value is -3.99. The second kappa shape index (κ2) is 7.61. The van der Waals surface area contributed by atoms with Crippen LogP contribution in [0.25, 0.3) is 4.85 Å². The minimum atomic E-state index is -4.90. The van der Waals surface area contributed by atoms with E-state index in [1.807, 2.05) is 4.72 Å². The number of fused-ring (bicyclic) bond motifs is 1. The molecule has 1 atom stereocenters. The maximum atomic E-state index is 13.8. The third-order valence-electron chi connectivity index (χ3n) is 4.33. The Balaban J connectivity index is 1.74. The summed E-state index contributed by atoms with van der Waals surface area (Å²) in [6.45, 7) is 6.87. The highest BCUT2D eigenvalue weighted by molar-refractivity contribution is 7.89. The van der Waals surface area contributed by atoms with Gasteiger partial charge in [0.15, 0.2) is 29.2 Å². The minimum Gasteiger partial charge on any atom is -0.517 e. The molecule has 166 valence electrons. The van der Waals surface area contributed by atoms with Crippen LogP contribution in [0.4, 0.5) is 24.5 Å². The zero-order chi connectivity index (χ0) is 23.1. The fourth-order valence-corrected chi connectivity index (χ4v) is 3.74. The van der Waals surface area contributed by atoms with E-state index in [9.17, 15) is 26.7 Å². The van der Waals surface area contributed by atoms with Crippen molar-refractivity contribution in [3.05, 3.63) is 53.4 Å². The van der Waals surface area contributed by atoms with E-state index in [4.69, 9.17) is 16.0 Å². The topological polar surface area (TPSA) is 126 Å². The van der Waals surface area contributed by atoms with Gasteiger partial charge in [-0.25, -0.2) is 14.6 Å². The lowest BCUT2D eigenvalue weighted by molar-refractivity contribution is -0.148. The van der Waals surface area contributed by atoms with Gasteiger partial charge in [0.2, 0.25) is 12.5 Å². The van der Waals surface area contributed by atoms with Gasteiger partial charge in [0.1, 0.15) is 5.75 Å². The molecule has 2 heterocycles. The van der Waals surface area contributed by atoms with Gasteiger partial charge in [0.05, 0.1) is 12.3 Å². The molecule has 14 heteroatoms. The van der Waals surface area contributed by atoms with Crippen molar-refractivity contribution in [1.29, 1.82) is 0 Å². The van der Waals surface area contributed by atoms with Gasteiger partial charge < -0.3 is 19.9 Å². The summed E-state index contributed by atoms with van der Waals surface area (Å²) in [5.41, 5.74) is -0.621. The van der Waals surface area contributed by atoms with E-state index < -0.39 is 39.8 Å². The minimum absolute atomic E-state index is 0.0943. The van der Waals surface area contributed by atoms with Gasteiger partial charge in [-0.3, -0.25) is 0 Å².